The van der Waals surface area contributed by atoms with E-state index in [4.69, 9.17) is 9.47 Å². The van der Waals surface area contributed by atoms with E-state index < -0.39 is 11.9 Å². The summed E-state index contributed by atoms with van der Waals surface area (Å²) in [6.45, 7) is 4.63. The summed E-state index contributed by atoms with van der Waals surface area (Å²) < 4.78 is 13.0. The number of carbonyl (C=O) groups excluding carboxylic acids is 1. The number of unbranched alkanes of at least 4 members (excludes halogenated alkanes) is 9. The van der Waals surface area contributed by atoms with Crippen molar-refractivity contribution in [3.8, 4) is 11.5 Å². The monoisotopic (exact) mass is 508 g/mol. The Kier molecular flexibility index (Phi) is 9.66. The molecule has 2 aromatic rings. The molecule has 5 heteroatoms. The number of phenolic OH excluding ortho intramolecular Hbond substituents is 1. The quantitative estimate of drug-likeness (QED) is 0.199. The number of carbonyl (C=O) groups is 1. The van der Waals surface area contributed by atoms with Crippen LogP contribution in [0.5, 0.6) is 11.5 Å². The molecule has 0 amide bonds. The Bertz CT molecular complexity index is 1050. The molecule has 0 aromatic heterocycles. The molecule has 37 heavy (non-hydrogen) atoms. The van der Waals surface area contributed by atoms with Crippen molar-refractivity contribution >= 4 is 5.78 Å². The number of phenols is 1. The molecule has 2 heterocycles. The van der Waals surface area contributed by atoms with Crippen molar-refractivity contribution in [2.75, 3.05) is 0 Å². The summed E-state index contributed by atoms with van der Waals surface area (Å²) in [7, 11) is 0. The molecule has 0 bridgehead atoms. The SMILES string of the molecule is CCCCCCCCC(=O)c1cccc2c1C(O)C(CCCCCCC)[C@@]1(OCc3c(O)cccc31)O2. The van der Waals surface area contributed by atoms with Crippen LogP contribution in [0.1, 0.15) is 130 Å². The van der Waals surface area contributed by atoms with Gasteiger partial charge in [-0.1, -0.05) is 102 Å². The zero-order chi connectivity index (χ0) is 26.3. The lowest BCUT2D eigenvalue weighted by Gasteiger charge is -2.45. The summed E-state index contributed by atoms with van der Waals surface area (Å²) in [5.74, 6) is -0.806. The Morgan fingerprint density at radius 2 is 1.59 bits per heavy atom. The van der Waals surface area contributed by atoms with Crippen molar-refractivity contribution in [1.82, 2.24) is 0 Å². The van der Waals surface area contributed by atoms with E-state index >= 15 is 0 Å². The molecule has 2 unspecified atom stereocenters. The predicted molar refractivity (Wildman–Crippen MR) is 146 cm³/mol. The summed E-state index contributed by atoms with van der Waals surface area (Å²) in [6.07, 6.45) is 12.6. The molecular weight excluding hydrogens is 464 g/mol. The van der Waals surface area contributed by atoms with Gasteiger partial charge >= 0.3 is 0 Å². The Morgan fingerprint density at radius 3 is 2.35 bits per heavy atom. The standard InChI is InChI=1S/C32H44O5/c1-3-5-7-9-11-13-19-27(33)23-16-14-21-29-30(23)31(35)26(17-12-10-8-6-4-2)32(37-29)25-18-15-20-28(34)24(25)22-36-32/h14-16,18,20-21,26,31,34-35H,3-13,17,19,22H2,1-2H3/t26?,31?,32-/m0/s1. The number of hydrogen-bond donors (Lipinski definition) is 2. The summed E-state index contributed by atoms with van der Waals surface area (Å²) in [6, 6.07) is 10.9. The van der Waals surface area contributed by atoms with E-state index in [9.17, 15) is 15.0 Å². The van der Waals surface area contributed by atoms with Gasteiger partial charge in [0.05, 0.1) is 18.6 Å². The van der Waals surface area contributed by atoms with Crippen LogP contribution in [0.4, 0.5) is 0 Å². The first-order valence-electron chi connectivity index (χ1n) is 14.5. The van der Waals surface area contributed by atoms with Crippen molar-refractivity contribution in [3.63, 3.8) is 0 Å². The topological polar surface area (TPSA) is 76.0 Å². The number of fused-ring (bicyclic) bond motifs is 3. The van der Waals surface area contributed by atoms with E-state index in [0.29, 0.717) is 35.3 Å². The smallest absolute Gasteiger partial charge is 0.243 e. The molecule has 1 spiro atoms. The number of hydrogen-bond acceptors (Lipinski definition) is 5. The van der Waals surface area contributed by atoms with E-state index in [1.807, 2.05) is 24.3 Å². The molecule has 2 aliphatic rings. The third-order valence-corrected chi connectivity index (χ3v) is 8.13. The van der Waals surface area contributed by atoms with Gasteiger partial charge in [-0.05, 0) is 25.0 Å². The summed E-state index contributed by atoms with van der Waals surface area (Å²) in [4.78, 5) is 13.3. The van der Waals surface area contributed by atoms with E-state index in [0.717, 1.165) is 44.1 Å². The van der Waals surface area contributed by atoms with Gasteiger partial charge in [-0.25, -0.2) is 0 Å². The third-order valence-electron chi connectivity index (χ3n) is 8.13. The van der Waals surface area contributed by atoms with E-state index in [1.54, 1.807) is 12.1 Å². The van der Waals surface area contributed by atoms with Gasteiger partial charge in [-0.3, -0.25) is 4.79 Å². The number of aromatic hydroxyl groups is 1. The first kappa shape index (κ1) is 27.7. The van der Waals surface area contributed by atoms with Crippen LogP contribution in [0.3, 0.4) is 0 Å². The molecule has 2 aliphatic heterocycles. The summed E-state index contributed by atoms with van der Waals surface area (Å²) in [5, 5.41) is 22.4. The maximum atomic E-state index is 13.3. The number of Topliss-reactive ketones (excluding diaryl/α,β-unsaturated/α-hetero) is 1. The number of ketones is 1. The zero-order valence-electron chi connectivity index (χ0n) is 22.6. The summed E-state index contributed by atoms with van der Waals surface area (Å²) in [5.41, 5.74) is 2.65. The van der Waals surface area contributed by atoms with Gasteiger partial charge in [0.2, 0.25) is 5.79 Å². The van der Waals surface area contributed by atoms with Crippen LogP contribution in [-0.4, -0.2) is 16.0 Å². The number of aliphatic hydroxyl groups is 1. The molecule has 0 aliphatic carbocycles. The maximum Gasteiger partial charge on any atom is 0.243 e. The lowest BCUT2D eigenvalue weighted by atomic mass is 9.76. The molecule has 0 saturated heterocycles. The lowest BCUT2D eigenvalue weighted by molar-refractivity contribution is -0.251. The Morgan fingerprint density at radius 1 is 0.919 bits per heavy atom. The Balaban J connectivity index is 1.60. The molecule has 202 valence electrons. The second-order valence-corrected chi connectivity index (χ2v) is 10.8. The molecule has 0 fully saturated rings. The average Bonchev–Trinajstić information content (AvgIpc) is 3.26. The van der Waals surface area contributed by atoms with Gasteiger partial charge in [0.1, 0.15) is 11.5 Å². The molecule has 4 rings (SSSR count). The van der Waals surface area contributed by atoms with Crippen molar-refractivity contribution in [2.24, 2.45) is 5.92 Å². The van der Waals surface area contributed by atoms with Crippen LogP contribution in [0.25, 0.3) is 0 Å². The van der Waals surface area contributed by atoms with Gasteiger partial charge in [-0.2, -0.15) is 0 Å². The lowest BCUT2D eigenvalue weighted by Crippen LogP contribution is -2.47. The van der Waals surface area contributed by atoms with Crippen LogP contribution >= 0.6 is 0 Å². The van der Waals surface area contributed by atoms with Gasteiger partial charge in [0.25, 0.3) is 0 Å². The normalized spacial score (nSPS) is 22.0. The fourth-order valence-electron chi connectivity index (χ4n) is 6.05. The first-order valence-corrected chi connectivity index (χ1v) is 14.5. The van der Waals surface area contributed by atoms with Crippen molar-refractivity contribution in [3.05, 3.63) is 58.7 Å². The fraction of sp³-hybridized carbons (Fsp3) is 0.594. The van der Waals surface area contributed by atoms with Crippen molar-refractivity contribution in [2.45, 2.75) is 116 Å². The van der Waals surface area contributed by atoms with E-state index in [1.165, 1.54) is 32.1 Å². The third kappa shape index (κ3) is 5.88. The molecule has 2 N–H and O–H groups in total. The number of benzene rings is 2. The highest BCUT2D eigenvalue weighted by Gasteiger charge is 2.56. The minimum Gasteiger partial charge on any atom is -0.508 e. The zero-order valence-corrected chi connectivity index (χ0v) is 22.6. The first-order chi connectivity index (χ1) is 18.0. The van der Waals surface area contributed by atoms with Gasteiger partial charge in [-0.15, -0.1) is 0 Å². The maximum absolute atomic E-state index is 13.3. The van der Waals surface area contributed by atoms with Crippen molar-refractivity contribution in [1.29, 1.82) is 0 Å². The van der Waals surface area contributed by atoms with Crippen LogP contribution in [0, 0.1) is 5.92 Å². The minimum atomic E-state index is -1.17. The molecule has 0 saturated carbocycles. The highest BCUT2D eigenvalue weighted by atomic mass is 16.7. The highest BCUT2D eigenvalue weighted by Crippen LogP contribution is 2.56. The molecule has 2 aromatic carbocycles. The number of ether oxygens (including phenoxy) is 2. The fourth-order valence-corrected chi connectivity index (χ4v) is 6.05. The number of rotatable bonds is 14. The van der Waals surface area contributed by atoms with Crippen molar-refractivity contribution < 1.29 is 24.5 Å². The molecular formula is C32H44O5. The van der Waals surface area contributed by atoms with E-state index in [2.05, 4.69) is 13.8 Å². The predicted octanol–water partition coefficient (Wildman–Crippen LogP) is 8.11. The van der Waals surface area contributed by atoms with Crippen LogP contribution in [0.2, 0.25) is 0 Å². The van der Waals surface area contributed by atoms with Crippen LogP contribution < -0.4 is 4.74 Å². The summed E-state index contributed by atoms with van der Waals surface area (Å²) >= 11 is 0. The largest absolute Gasteiger partial charge is 0.508 e. The molecule has 0 radical (unpaired) electrons. The van der Waals surface area contributed by atoms with Crippen LogP contribution in [-0.2, 0) is 17.1 Å². The Hall–Kier alpha value is -2.37. The second-order valence-electron chi connectivity index (χ2n) is 10.8. The molecule has 3 atom stereocenters. The van der Waals surface area contributed by atoms with Gasteiger partial charge < -0.3 is 19.7 Å². The van der Waals surface area contributed by atoms with Gasteiger partial charge in [0, 0.05) is 28.7 Å². The molecule has 5 nitrogen and oxygen atoms in total. The minimum absolute atomic E-state index is 0.0676. The van der Waals surface area contributed by atoms with E-state index in [-0.39, 0.29) is 24.1 Å². The highest BCUT2D eigenvalue weighted by molar-refractivity contribution is 5.98. The average molecular weight is 509 g/mol. The second kappa shape index (κ2) is 12.9. The van der Waals surface area contributed by atoms with Gasteiger partial charge in [0.15, 0.2) is 5.78 Å². The number of aliphatic hydroxyl groups excluding tert-OH is 1. The Labute approximate surface area is 222 Å². The van der Waals surface area contributed by atoms with Crippen LogP contribution in [0.15, 0.2) is 36.4 Å².